The Labute approximate surface area is 189 Å². The van der Waals surface area contributed by atoms with Crippen molar-refractivity contribution in [1.82, 2.24) is 9.47 Å². The fourth-order valence-corrected chi connectivity index (χ4v) is 3.56. The molecule has 6 heteroatoms. The molecule has 0 spiro atoms. The van der Waals surface area contributed by atoms with E-state index in [0.717, 1.165) is 28.3 Å². The van der Waals surface area contributed by atoms with Crippen LogP contribution in [0.5, 0.6) is 0 Å². The molecule has 0 fully saturated rings. The lowest BCUT2D eigenvalue weighted by Gasteiger charge is -2.26. The normalized spacial score (nSPS) is 11.3. The Kier molecular flexibility index (Phi) is 7.71. The summed E-state index contributed by atoms with van der Waals surface area (Å²) in [7, 11) is 0. The summed E-state index contributed by atoms with van der Waals surface area (Å²) in [6, 6.07) is 15.6. The number of furan rings is 1. The molecule has 0 radical (unpaired) electrons. The fourth-order valence-electron chi connectivity index (χ4n) is 3.56. The minimum atomic E-state index is -0.544. The highest BCUT2D eigenvalue weighted by Gasteiger charge is 2.18. The molecule has 0 bridgehead atoms. The molecule has 0 aliphatic heterocycles. The van der Waals surface area contributed by atoms with Crippen LogP contribution in [0.25, 0.3) is 6.08 Å². The van der Waals surface area contributed by atoms with Gasteiger partial charge in [-0.3, -0.25) is 4.79 Å². The van der Waals surface area contributed by atoms with Gasteiger partial charge in [-0.1, -0.05) is 30.3 Å². The van der Waals surface area contributed by atoms with E-state index in [0.29, 0.717) is 13.1 Å². The van der Waals surface area contributed by atoms with Gasteiger partial charge in [0.25, 0.3) is 5.91 Å². The summed E-state index contributed by atoms with van der Waals surface area (Å²) in [5, 5.41) is 0. The number of carbonyl (C=O) groups is 2. The summed E-state index contributed by atoms with van der Waals surface area (Å²) < 4.78 is 12.8. The van der Waals surface area contributed by atoms with Crippen molar-refractivity contribution in [1.29, 1.82) is 0 Å². The quantitative estimate of drug-likeness (QED) is 0.360. The zero-order chi connectivity index (χ0) is 23.1. The Hall–Kier alpha value is -3.54. The first-order valence-electron chi connectivity index (χ1n) is 10.7. The van der Waals surface area contributed by atoms with Crippen LogP contribution in [-0.4, -0.2) is 34.0 Å². The van der Waals surface area contributed by atoms with Crippen molar-refractivity contribution in [3.8, 4) is 0 Å². The molecule has 0 unspecified atom stereocenters. The summed E-state index contributed by atoms with van der Waals surface area (Å²) >= 11 is 0. The zero-order valence-corrected chi connectivity index (χ0v) is 19.1. The third-order valence-electron chi connectivity index (χ3n) is 5.38. The summed E-state index contributed by atoms with van der Waals surface area (Å²) in [5.41, 5.74) is 4.04. The molecule has 2 aromatic heterocycles. The molecule has 2 heterocycles. The van der Waals surface area contributed by atoms with E-state index in [1.807, 2.05) is 76.2 Å². The third-order valence-corrected chi connectivity index (χ3v) is 5.38. The van der Waals surface area contributed by atoms with E-state index in [4.69, 9.17) is 9.15 Å². The number of nitrogens with zero attached hydrogens (tertiary/aromatic N) is 2. The number of amides is 1. The van der Waals surface area contributed by atoms with E-state index in [1.165, 1.54) is 6.08 Å². The number of rotatable bonds is 9. The van der Waals surface area contributed by atoms with Crippen LogP contribution in [0.1, 0.15) is 42.1 Å². The van der Waals surface area contributed by atoms with E-state index in [2.05, 4.69) is 4.57 Å². The molecule has 1 aromatic carbocycles. The van der Waals surface area contributed by atoms with Crippen molar-refractivity contribution < 1.29 is 18.7 Å². The second-order valence-corrected chi connectivity index (χ2v) is 8.03. The maximum atomic E-state index is 12.6. The molecule has 3 aromatic rings. The lowest BCUT2D eigenvalue weighted by atomic mass is 10.2. The van der Waals surface area contributed by atoms with Crippen LogP contribution in [0.2, 0.25) is 0 Å². The molecule has 3 rings (SSSR count). The van der Waals surface area contributed by atoms with Gasteiger partial charge in [-0.2, -0.15) is 0 Å². The molecule has 6 nitrogen and oxygen atoms in total. The van der Waals surface area contributed by atoms with Crippen molar-refractivity contribution in [3.63, 3.8) is 0 Å². The number of carbonyl (C=O) groups excluding carboxylic acids is 2. The highest BCUT2D eigenvalue weighted by Crippen LogP contribution is 2.19. The minimum absolute atomic E-state index is 0.00324. The Morgan fingerprint density at radius 3 is 2.53 bits per heavy atom. The molecule has 0 atom stereocenters. The number of hydrogen-bond acceptors (Lipinski definition) is 4. The van der Waals surface area contributed by atoms with Crippen molar-refractivity contribution in [2.24, 2.45) is 0 Å². The van der Waals surface area contributed by atoms with E-state index in [1.54, 1.807) is 17.2 Å². The smallest absolute Gasteiger partial charge is 0.331 e. The summed E-state index contributed by atoms with van der Waals surface area (Å²) in [6.45, 7) is 8.72. The van der Waals surface area contributed by atoms with Crippen LogP contribution < -0.4 is 0 Å². The van der Waals surface area contributed by atoms with Gasteiger partial charge in [0.2, 0.25) is 0 Å². The molecule has 0 saturated heterocycles. The molecule has 32 heavy (non-hydrogen) atoms. The summed E-state index contributed by atoms with van der Waals surface area (Å²) in [4.78, 5) is 26.6. The van der Waals surface area contributed by atoms with Gasteiger partial charge in [-0.25, -0.2) is 4.79 Å². The van der Waals surface area contributed by atoms with Crippen molar-refractivity contribution >= 4 is 18.0 Å². The Morgan fingerprint density at radius 1 is 1.12 bits per heavy atom. The van der Waals surface area contributed by atoms with Crippen LogP contribution >= 0.6 is 0 Å². The average Bonchev–Trinajstić information content (AvgIpc) is 3.38. The van der Waals surface area contributed by atoms with Crippen LogP contribution in [0, 0.1) is 13.8 Å². The monoisotopic (exact) mass is 434 g/mol. The lowest BCUT2D eigenvalue weighted by Crippen LogP contribution is -2.39. The first-order valence-corrected chi connectivity index (χ1v) is 10.7. The highest BCUT2D eigenvalue weighted by atomic mass is 16.5. The number of hydrogen-bond donors (Lipinski definition) is 0. The van der Waals surface area contributed by atoms with Crippen molar-refractivity contribution in [2.75, 3.05) is 6.61 Å². The molecular formula is C26H30N2O4. The van der Waals surface area contributed by atoms with Crippen LogP contribution in [0.3, 0.4) is 0 Å². The summed E-state index contributed by atoms with van der Waals surface area (Å²) in [6.07, 6.45) is 4.74. The molecule has 0 N–H and O–H groups in total. The maximum Gasteiger partial charge on any atom is 0.331 e. The SMILES string of the molecule is Cc1cc(/C=C/C(=O)OCC(=O)N(Cc2ccccc2)C(C)C)c(C)n1Cc1ccco1. The highest BCUT2D eigenvalue weighted by molar-refractivity contribution is 5.89. The minimum Gasteiger partial charge on any atom is -0.467 e. The Morgan fingerprint density at radius 2 is 1.88 bits per heavy atom. The van der Waals surface area contributed by atoms with E-state index in [9.17, 15) is 9.59 Å². The number of ether oxygens (including phenoxy) is 1. The van der Waals surface area contributed by atoms with Gasteiger partial charge in [0.15, 0.2) is 6.61 Å². The van der Waals surface area contributed by atoms with Crippen molar-refractivity contribution in [2.45, 2.75) is 46.8 Å². The largest absolute Gasteiger partial charge is 0.467 e. The average molecular weight is 435 g/mol. The number of aryl methyl sites for hydroxylation is 1. The van der Waals surface area contributed by atoms with Gasteiger partial charge >= 0.3 is 5.97 Å². The van der Waals surface area contributed by atoms with E-state index < -0.39 is 5.97 Å². The predicted molar refractivity (Wildman–Crippen MR) is 124 cm³/mol. The standard InChI is InChI=1S/C26H30N2O4/c1-19(2)27(16-22-9-6-5-7-10-22)25(29)18-32-26(30)13-12-23-15-20(3)28(21(23)4)17-24-11-8-14-31-24/h5-15,19H,16-18H2,1-4H3/b13-12+. The summed E-state index contributed by atoms with van der Waals surface area (Å²) in [5.74, 6) is 0.102. The predicted octanol–water partition coefficient (Wildman–Crippen LogP) is 4.74. The van der Waals surface area contributed by atoms with Gasteiger partial charge in [-0.15, -0.1) is 0 Å². The number of benzene rings is 1. The molecule has 0 saturated carbocycles. The topological polar surface area (TPSA) is 64.7 Å². The molecule has 0 aliphatic carbocycles. The van der Waals surface area contributed by atoms with E-state index in [-0.39, 0.29) is 18.6 Å². The van der Waals surface area contributed by atoms with Gasteiger partial charge in [0.1, 0.15) is 5.76 Å². The van der Waals surface area contributed by atoms with Crippen LogP contribution in [0.4, 0.5) is 0 Å². The molecular weight excluding hydrogens is 404 g/mol. The van der Waals surface area contributed by atoms with Gasteiger partial charge in [-0.05, 0) is 63.1 Å². The number of aromatic nitrogens is 1. The van der Waals surface area contributed by atoms with E-state index >= 15 is 0 Å². The van der Waals surface area contributed by atoms with Crippen molar-refractivity contribution in [3.05, 3.63) is 89.1 Å². The second kappa shape index (κ2) is 10.7. The fraction of sp³-hybridized carbons (Fsp3) is 0.308. The lowest BCUT2D eigenvalue weighted by molar-refractivity contribution is -0.149. The third kappa shape index (κ3) is 6.00. The Balaban J connectivity index is 1.57. The molecule has 1 amide bonds. The van der Waals surface area contributed by atoms with Crippen LogP contribution in [0.15, 0.2) is 65.3 Å². The first kappa shape index (κ1) is 23.1. The zero-order valence-electron chi connectivity index (χ0n) is 19.1. The Bertz CT molecular complexity index is 1060. The van der Waals surface area contributed by atoms with Gasteiger partial charge in [0.05, 0.1) is 12.8 Å². The van der Waals surface area contributed by atoms with Gasteiger partial charge in [0, 0.05) is 30.1 Å². The number of esters is 1. The second-order valence-electron chi connectivity index (χ2n) is 8.03. The molecule has 0 aliphatic rings. The maximum absolute atomic E-state index is 12.6. The molecule has 168 valence electrons. The first-order chi connectivity index (χ1) is 15.3. The van der Waals surface area contributed by atoms with Gasteiger partial charge < -0.3 is 18.6 Å². The van der Waals surface area contributed by atoms with Crippen LogP contribution in [-0.2, 0) is 27.4 Å².